The maximum Gasteiger partial charge on any atom is 0.156 e. The number of hydrogen-bond donors (Lipinski definition) is 0. The van der Waals surface area contributed by atoms with Gasteiger partial charge in [-0.2, -0.15) is 5.10 Å². The van der Waals surface area contributed by atoms with Gasteiger partial charge in [0, 0.05) is 6.61 Å². The fourth-order valence-electron chi connectivity index (χ4n) is 3.26. The molecule has 0 spiro atoms. The van der Waals surface area contributed by atoms with E-state index < -0.39 is 0 Å². The van der Waals surface area contributed by atoms with Crippen LogP contribution in [-0.2, 0) is 17.6 Å². The van der Waals surface area contributed by atoms with E-state index in [-0.39, 0.29) is 6.10 Å². The highest BCUT2D eigenvalue weighted by molar-refractivity contribution is 5.32. The van der Waals surface area contributed by atoms with Gasteiger partial charge < -0.3 is 4.74 Å². The number of nitrogens with zero attached hydrogens (tertiary/aromatic N) is 3. The minimum absolute atomic E-state index is 0.145. The van der Waals surface area contributed by atoms with Crippen LogP contribution in [0.15, 0.2) is 30.6 Å². The Morgan fingerprint density at radius 1 is 1.16 bits per heavy atom. The maximum atomic E-state index is 5.75. The third-order valence-electron chi connectivity index (χ3n) is 4.19. The molecule has 0 unspecified atom stereocenters. The first-order valence-electron chi connectivity index (χ1n) is 6.99. The van der Waals surface area contributed by atoms with Crippen LogP contribution in [0.4, 0.5) is 0 Å². The van der Waals surface area contributed by atoms with Crippen LogP contribution < -0.4 is 0 Å². The fraction of sp³-hybridized carbons (Fsp3) is 0.467. The quantitative estimate of drug-likeness (QED) is 0.827. The molecule has 0 bridgehead atoms. The van der Waals surface area contributed by atoms with Crippen molar-refractivity contribution < 1.29 is 4.74 Å². The molecule has 98 valence electrons. The second kappa shape index (κ2) is 4.46. The zero-order chi connectivity index (χ0) is 12.7. The van der Waals surface area contributed by atoms with Gasteiger partial charge in [0.05, 0.1) is 6.04 Å². The van der Waals surface area contributed by atoms with E-state index in [4.69, 9.17) is 4.74 Å². The van der Waals surface area contributed by atoms with Crippen molar-refractivity contribution in [1.29, 1.82) is 0 Å². The summed E-state index contributed by atoms with van der Waals surface area (Å²) in [4.78, 5) is 4.43. The van der Waals surface area contributed by atoms with Crippen LogP contribution in [0.25, 0.3) is 0 Å². The topological polar surface area (TPSA) is 39.9 Å². The van der Waals surface area contributed by atoms with E-state index in [1.165, 1.54) is 11.1 Å². The molecule has 1 aliphatic carbocycles. The Kier molecular flexibility index (Phi) is 2.62. The summed E-state index contributed by atoms with van der Waals surface area (Å²) in [5, 5.41) is 4.45. The molecule has 0 radical (unpaired) electrons. The van der Waals surface area contributed by atoms with Gasteiger partial charge in [-0.1, -0.05) is 24.3 Å². The molecule has 2 aliphatic rings. The molecule has 1 saturated heterocycles. The third-order valence-corrected chi connectivity index (χ3v) is 4.19. The van der Waals surface area contributed by atoms with Crippen LogP contribution in [0.3, 0.4) is 0 Å². The maximum absolute atomic E-state index is 5.75. The Hall–Kier alpha value is -1.68. The molecule has 0 saturated carbocycles. The fourth-order valence-corrected chi connectivity index (χ4v) is 3.26. The lowest BCUT2D eigenvalue weighted by molar-refractivity contribution is 0.0990. The molecule has 1 aromatic heterocycles. The summed E-state index contributed by atoms with van der Waals surface area (Å²) in [6.45, 7) is 0.850. The second-order valence-corrected chi connectivity index (χ2v) is 5.40. The average molecular weight is 255 g/mol. The van der Waals surface area contributed by atoms with Gasteiger partial charge in [0.15, 0.2) is 5.82 Å². The first kappa shape index (κ1) is 11.2. The molecule has 2 aromatic rings. The van der Waals surface area contributed by atoms with Gasteiger partial charge in [-0.25, -0.2) is 9.67 Å². The highest BCUT2D eigenvalue weighted by Gasteiger charge is 2.29. The minimum atomic E-state index is 0.145. The highest BCUT2D eigenvalue weighted by atomic mass is 16.5. The first-order chi connectivity index (χ1) is 9.42. The van der Waals surface area contributed by atoms with Gasteiger partial charge in [-0.15, -0.1) is 0 Å². The average Bonchev–Trinajstić information content (AvgIpc) is 3.17. The second-order valence-electron chi connectivity index (χ2n) is 5.40. The number of aromatic nitrogens is 3. The Labute approximate surface area is 112 Å². The van der Waals surface area contributed by atoms with Crippen molar-refractivity contribution in [1.82, 2.24) is 14.8 Å². The van der Waals surface area contributed by atoms with Crippen LogP contribution in [0.2, 0.25) is 0 Å². The number of benzene rings is 1. The van der Waals surface area contributed by atoms with Crippen molar-refractivity contribution in [3.05, 3.63) is 47.5 Å². The van der Waals surface area contributed by atoms with Crippen molar-refractivity contribution >= 4 is 0 Å². The van der Waals surface area contributed by atoms with Gasteiger partial charge in [0.2, 0.25) is 0 Å². The van der Waals surface area contributed by atoms with Crippen molar-refractivity contribution in [2.24, 2.45) is 0 Å². The Morgan fingerprint density at radius 3 is 2.63 bits per heavy atom. The summed E-state index contributed by atoms with van der Waals surface area (Å²) in [5.74, 6) is 1.01. The molecular weight excluding hydrogens is 238 g/mol. The van der Waals surface area contributed by atoms with Crippen LogP contribution in [0.5, 0.6) is 0 Å². The molecule has 1 fully saturated rings. The summed E-state index contributed by atoms with van der Waals surface area (Å²) in [6.07, 6.45) is 6.12. The van der Waals surface area contributed by atoms with Crippen molar-refractivity contribution in [3.8, 4) is 0 Å². The lowest BCUT2D eigenvalue weighted by Crippen LogP contribution is -2.16. The van der Waals surface area contributed by atoms with E-state index in [0.717, 1.165) is 38.1 Å². The van der Waals surface area contributed by atoms with Gasteiger partial charge in [-0.05, 0) is 36.8 Å². The van der Waals surface area contributed by atoms with E-state index in [9.17, 15) is 0 Å². The van der Waals surface area contributed by atoms with E-state index in [0.29, 0.717) is 6.04 Å². The van der Waals surface area contributed by atoms with Gasteiger partial charge in [0.25, 0.3) is 0 Å². The largest absolute Gasteiger partial charge is 0.370 e. The normalized spacial score (nSPS) is 22.8. The zero-order valence-electron chi connectivity index (χ0n) is 10.8. The van der Waals surface area contributed by atoms with Gasteiger partial charge >= 0.3 is 0 Å². The molecule has 4 heteroatoms. The van der Waals surface area contributed by atoms with E-state index in [2.05, 4.69) is 39.0 Å². The van der Waals surface area contributed by atoms with Gasteiger partial charge in [0.1, 0.15) is 12.4 Å². The molecule has 19 heavy (non-hydrogen) atoms. The lowest BCUT2D eigenvalue weighted by atomic mass is 10.1. The summed E-state index contributed by atoms with van der Waals surface area (Å²) in [7, 11) is 0. The molecule has 1 atom stereocenters. The molecule has 1 aliphatic heterocycles. The van der Waals surface area contributed by atoms with Crippen LogP contribution in [0, 0.1) is 0 Å². The van der Waals surface area contributed by atoms with Gasteiger partial charge in [-0.3, -0.25) is 0 Å². The number of ether oxygens (including phenoxy) is 1. The standard InChI is InChI=1S/C15H17N3O/c1-2-5-12-9-13(8-11(12)4-1)18-15(16-10-17-18)14-6-3-7-19-14/h1-2,4-5,10,13-14H,3,6-9H2/t14-/m0/s1. The minimum Gasteiger partial charge on any atom is -0.370 e. The van der Waals surface area contributed by atoms with E-state index in [1.54, 1.807) is 6.33 Å². The SMILES string of the molecule is c1ccc2c(c1)CC(n1ncnc1[C@@H]1CCCO1)C2. The zero-order valence-corrected chi connectivity index (χ0v) is 10.8. The molecule has 0 N–H and O–H groups in total. The molecule has 4 rings (SSSR count). The molecule has 4 nitrogen and oxygen atoms in total. The summed E-state index contributed by atoms with van der Waals surface area (Å²) < 4.78 is 7.84. The molecule has 1 aromatic carbocycles. The number of hydrogen-bond acceptors (Lipinski definition) is 3. The van der Waals surface area contributed by atoms with Crippen molar-refractivity contribution in [2.75, 3.05) is 6.61 Å². The smallest absolute Gasteiger partial charge is 0.156 e. The summed E-state index contributed by atoms with van der Waals surface area (Å²) in [6, 6.07) is 9.07. The molecule has 2 heterocycles. The number of rotatable bonds is 2. The molecular formula is C15H17N3O. The Morgan fingerprint density at radius 2 is 1.95 bits per heavy atom. The Balaban J connectivity index is 1.63. The lowest BCUT2D eigenvalue weighted by Gasteiger charge is -2.16. The Bertz CT molecular complexity index is 562. The van der Waals surface area contributed by atoms with Crippen molar-refractivity contribution in [2.45, 2.75) is 37.8 Å². The van der Waals surface area contributed by atoms with Crippen molar-refractivity contribution in [3.63, 3.8) is 0 Å². The highest BCUT2D eigenvalue weighted by Crippen LogP contribution is 2.33. The van der Waals surface area contributed by atoms with E-state index >= 15 is 0 Å². The summed E-state index contributed by atoms with van der Waals surface area (Å²) >= 11 is 0. The molecule has 0 amide bonds. The van der Waals surface area contributed by atoms with Crippen LogP contribution >= 0.6 is 0 Å². The number of fused-ring (bicyclic) bond motifs is 1. The van der Waals surface area contributed by atoms with Crippen LogP contribution in [0.1, 0.15) is 41.9 Å². The third kappa shape index (κ3) is 1.87. The monoisotopic (exact) mass is 255 g/mol. The summed E-state index contributed by atoms with van der Waals surface area (Å²) in [5.41, 5.74) is 2.89. The first-order valence-corrected chi connectivity index (χ1v) is 6.99. The predicted molar refractivity (Wildman–Crippen MR) is 70.8 cm³/mol. The van der Waals surface area contributed by atoms with Crippen LogP contribution in [-0.4, -0.2) is 21.4 Å². The predicted octanol–water partition coefficient (Wildman–Crippen LogP) is 2.47. The van der Waals surface area contributed by atoms with E-state index in [1.807, 2.05) is 0 Å².